The number of carbonyl (C=O) groups excluding carboxylic acids is 1. The second-order valence-electron chi connectivity index (χ2n) is 9.03. The molecule has 1 aromatic heterocycles. The first-order valence-electron chi connectivity index (χ1n) is 11.1. The van der Waals surface area contributed by atoms with E-state index in [0.29, 0.717) is 18.7 Å². The van der Waals surface area contributed by atoms with E-state index in [4.69, 9.17) is 5.73 Å². The Balaban J connectivity index is 1.61. The monoisotopic (exact) mass is 440 g/mol. The van der Waals surface area contributed by atoms with Gasteiger partial charge in [-0.2, -0.15) is 0 Å². The summed E-state index contributed by atoms with van der Waals surface area (Å²) in [7, 11) is 0. The summed E-state index contributed by atoms with van der Waals surface area (Å²) in [4.78, 5) is 20.6. The lowest BCUT2D eigenvalue weighted by Gasteiger charge is -2.25. The van der Waals surface area contributed by atoms with E-state index in [2.05, 4.69) is 15.3 Å². The maximum atomic E-state index is 14.1. The van der Waals surface area contributed by atoms with E-state index in [1.807, 2.05) is 54.6 Å². The highest BCUT2D eigenvalue weighted by molar-refractivity contribution is 5.79. The second-order valence-corrected chi connectivity index (χ2v) is 9.03. The van der Waals surface area contributed by atoms with Crippen LogP contribution in [0.15, 0.2) is 54.6 Å². The highest BCUT2D eigenvalue weighted by Crippen LogP contribution is 2.24. The number of aliphatic hydroxyl groups excluding tert-OH is 1. The number of nitrogens with one attached hydrogen (secondary N) is 2. The number of aliphatic hydroxyl groups is 1. The lowest BCUT2D eigenvalue weighted by Crippen LogP contribution is -2.41. The van der Waals surface area contributed by atoms with E-state index in [1.165, 1.54) is 13.8 Å². The van der Waals surface area contributed by atoms with Crippen LogP contribution in [0.1, 0.15) is 44.5 Å². The molecule has 3 rings (SSSR count). The first-order valence-corrected chi connectivity index (χ1v) is 11.1. The van der Waals surface area contributed by atoms with E-state index in [1.54, 1.807) is 0 Å². The van der Waals surface area contributed by atoms with Crippen LogP contribution in [0.5, 0.6) is 0 Å². The number of para-hydroxylation sites is 2. The number of imidazole rings is 1. The molecule has 3 atom stereocenters. The summed E-state index contributed by atoms with van der Waals surface area (Å²) in [6.45, 7) is 3.22. The molecule has 0 radical (unpaired) electrons. The van der Waals surface area contributed by atoms with E-state index in [9.17, 15) is 14.3 Å². The first kappa shape index (κ1) is 23.9. The number of nitrogens with zero attached hydrogens (tertiary/aromatic N) is 1. The molecule has 1 heterocycles. The van der Waals surface area contributed by atoms with Crippen LogP contribution in [0.4, 0.5) is 4.39 Å². The van der Waals surface area contributed by atoms with Crippen molar-refractivity contribution < 1.29 is 14.3 Å². The number of halogens is 1. The molecule has 0 unspecified atom stereocenters. The third-order valence-electron chi connectivity index (χ3n) is 5.66. The van der Waals surface area contributed by atoms with Gasteiger partial charge in [0, 0.05) is 12.0 Å². The number of benzene rings is 2. The van der Waals surface area contributed by atoms with Gasteiger partial charge < -0.3 is 21.1 Å². The number of nitrogens with two attached hydrogens (primary N) is 1. The van der Waals surface area contributed by atoms with Gasteiger partial charge in [0.05, 0.1) is 23.7 Å². The number of aromatic amines is 1. The van der Waals surface area contributed by atoms with Crippen molar-refractivity contribution in [3.05, 3.63) is 66.0 Å². The molecule has 5 N–H and O–H groups in total. The molecule has 0 saturated heterocycles. The molecule has 1 amide bonds. The molecule has 172 valence electrons. The van der Waals surface area contributed by atoms with Crippen LogP contribution in [0.3, 0.4) is 0 Å². The number of H-pyrrole nitrogens is 1. The maximum absolute atomic E-state index is 14.1. The molecule has 0 aliphatic rings. The van der Waals surface area contributed by atoms with Crippen LogP contribution in [0.2, 0.25) is 0 Å². The zero-order chi connectivity index (χ0) is 23.1. The lowest BCUT2D eigenvalue weighted by atomic mass is 9.88. The van der Waals surface area contributed by atoms with Crippen molar-refractivity contribution >= 4 is 16.9 Å². The molecule has 32 heavy (non-hydrogen) atoms. The Morgan fingerprint density at radius 3 is 2.56 bits per heavy atom. The maximum Gasteiger partial charge on any atom is 0.223 e. The van der Waals surface area contributed by atoms with E-state index in [0.717, 1.165) is 16.6 Å². The molecular weight excluding hydrogens is 407 g/mol. The minimum absolute atomic E-state index is 0.177. The van der Waals surface area contributed by atoms with Gasteiger partial charge in [0.25, 0.3) is 0 Å². The normalized spacial score (nSPS) is 14.8. The first-order chi connectivity index (χ1) is 15.2. The number of alkyl halides is 1. The number of amides is 1. The number of hydrogen-bond donors (Lipinski definition) is 4. The number of carbonyl (C=O) groups is 1. The minimum Gasteiger partial charge on any atom is -0.391 e. The summed E-state index contributed by atoms with van der Waals surface area (Å²) < 4.78 is 14.1. The van der Waals surface area contributed by atoms with Crippen LogP contribution >= 0.6 is 0 Å². The quantitative estimate of drug-likeness (QED) is 0.365. The molecule has 0 spiro atoms. The largest absolute Gasteiger partial charge is 0.391 e. The Kier molecular flexibility index (Phi) is 7.99. The molecule has 2 aromatic carbocycles. The summed E-state index contributed by atoms with van der Waals surface area (Å²) in [6.07, 6.45) is 0.348. The topological polar surface area (TPSA) is 104 Å². The van der Waals surface area contributed by atoms with Gasteiger partial charge in [-0.15, -0.1) is 0 Å². The van der Waals surface area contributed by atoms with Crippen LogP contribution in [-0.4, -0.2) is 38.8 Å². The predicted molar refractivity (Wildman–Crippen MR) is 125 cm³/mol. The van der Waals surface area contributed by atoms with Gasteiger partial charge in [-0.25, -0.2) is 9.37 Å². The molecular formula is C25H33FN4O2. The average Bonchev–Trinajstić information content (AvgIpc) is 3.18. The molecule has 0 bridgehead atoms. The van der Waals surface area contributed by atoms with Gasteiger partial charge in [-0.1, -0.05) is 42.5 Å². The van der Waals surface area contributed by atoms with E-state index >= 15 is 0 Å². The van der Waals surface area contributed by atoms with Crippen molar-refractivity contribution in [2.24, 2.45) is 11.7 Å². The molecule has 0 aliphatic heterocycles. The van der Waals surface area contributed by atoms with Gasteiger partial charge in [-0.3, -0.25) is 4.79 Å². The summed E-state index contributed by atoms with van der Waals surface area (Å²) in [5.74, 6) is -0.141. The van der Waals surface area contributed by atoms with Crippen molar-refractivity contribution in [3.63, 3.8) is 0 Å². The van der Waals surface area contributed by atoms with Gasteiger partial charge in [-0.05, 0) is 57.2 Å². The molecule has 6 nitrogen and oxygen atoms in total. The van der Waals surface area contributed by atoms with Crippen LogP contribution in [0, 0.1) is 5.92 Å². The van der Waals surface area contributed by atoms with Crippen LogP contribution in [-0.2, 0) is 17.8 Å². The summed E-state index contributed by atoms with van der Waals surface area (Å²) in [5.41, 5.74) is 7.57. The zero-order valence-corrected chi connectivity index (χ0v) is 18.7. The summed E-state index contributed by atoms with van der Waals surface area (Å²) in [5, 5.41) is 13.6. The predicted octanol–water partition coefficient (Wildman–Crippen LogP) is 3.64. The second kappa shape index (κ2) is 10.7. The van der Waals surface area contributed by atoms with Gasteiger partial charge in [0.15, 0.2) is 0 Å². The fraction of sp³-hybridized carbons (Fsp3) is 0.440. The highest BCUT2D eigenvalue weighted by atomic mass is 19.1. The Hall–Kier alpha value is -2.77. The number of rotatable bonds is 11. The smallest absolute Gasteiger partial charge is 0.223 e. The summed E-state index contributed by atoms with van der Waals surface area (Å²) in [6, 6.07) is 16.8. The highest BCUT2D eigenvalue weighted by Gasteiger charge is 2.28. The summed E-state index contributed by atoms with van der Waals surface area (Å²) >= 11 is 0. The van der Waals surface area contributed by atoms with Gasteiger partial charge in [0.2, 0.25) is 5.91 Å². The average molecular weight is 441 g/mol. The van der Waals surface area contributed by atoms with Gasteiger partial charge in [0.1, 0.15) is 11.5 Å². The molecule has 0 aliphatic carbocycles. The fourth-order valence-corrected chi connectivity index (χ4v) is 3.77. The SMILES string of the molecule is CC(C)(F)CC[C@H](C[C@H](O)[C@@H](N)Cc1ccccc1)C(=O)NCc1nc2ccccc2[nH]1. The third-order valence-corrected chi connectivity index (χ3v) is 5.66. The molecule has 0 fully saturated rings. The van der Waals surface area contributed by atoms with E-state index in [-0.39, 0.29) is 25.3 Å². The van der Waals surface area contributed by atoms with Crippen LogP contribution in [0.25, 0.3) is 11.0 Å². The Labute approximate surface area is 188 Å². The zero-order valence-electron chi connectivity index (χ0n) is 18.7. The molecule has 3 aromatic rings. The van der Waals surface area contributed by atoms with Crippen molar-refractivity contribution in [1.82, 2.24) is 15.3 Å². The Morgan fingerprint density at radius 2 is 1.88 bits per heavy atom. The third kappa shape index (κ3) is 7.14. The molecule has 0 saturated carbocycles. The standard InChI is InChI=1S/C25H33FN4O2/c1-25(2,26)13-12-18(15-22(31)19(27)14-17-8-4-3-5-9-17)24(32)28-16-23-29-20-10-6-7-11-21(20)30-23/h3-11,18-19,22,31H,12-16,27H2,1-2H3,(H,28,32)(H,29,30)/t18-,19+,22+/m1/s1. The number of aromatic nitrogens is 2. The fourth-order valence-electron chi connectivity index (χ4n) is 3.77. The van der Waals surface area contributed by atoms with Crippen molar-refractivity contribution in [2.75, 3.05) is 0 Å². The Bertz CT molecular complexity index is 967. The van der Waals surface area contributed by atoms with Crippen molar-refractivity contribution in [3.8, 4) is 0 Å². The number of hydrogen-bond acceptors (Lipinski definition) is 4. The van der Waals surface area contributed by atoms with Gasteiger partial charge >= 0.3 is 0 Å². The minimum atomic E-state index is -1.39. The lowest BCUT2D eigenvalue weighted by molar-refractivity contribution is -0.126. The molecule has 7 heteroatoms. The van der Waals surface area contributed by atoms with E-state index < -0.39 is 23.7 Å². The van der Waals surface area contributed by atoms with Crippen LogP contribution < -0.4 is 11.1 Å². The number of fused-ring (bicyclic) bond motifs is 1. The van der Waals surface area contributed by atoms with Crippen molar-refractivity contribution in [2.45, 2.75) is 63.9 Å². The Morgan fingerprint density at radius 1 is 1.19 bits per heavy atom. The van der Waals surface area contributed by atoms with Crippen molar-refractivity contribution in [1.29, 1.82) is 0 Å².